The van der Waals surface area contributed by atoms with Gasteiger partial charge in [-0.05, 0) is 11.1 Å². The lowest BCUT2D eigenvalue weighted by Gasteiger charge is -2.21. The Morgan fingerprint density at radius 3 is 1.65 bits per heavy atom. The molecule has 26 heavy (non-hydrogen) atoms. The molecule has 4 heteroatoms. The minimum absolute atomic E-state index is 0.323. The van der Waals surface area contributed by atoms with Gasteiger partial charge in [0.15, 0.2) is 0 Å². The topological polar surface area (TPSA) is 46.4 Å². The number of nitrogens with zero attached hydrogens (tertiary/aromatic N) is 2. The molecule has 0 saturated heterocycles. The van der Waals surface area contributed by atoms with E-state index in [1.165, 1.54) is 0 Å². The van der Waals surface area contributed by atoms with Gasteiger partial charge >= 0.3 is 5.91 Å². The second-order valence-corrected chi connectivity index (χ2v) is 5.96. The number of amides is 1. The fraction of sp³-hybridized carbons (Fsp3) is 0.0909. The third-order valence-corrected chi connectivity index (χ3v) is 3.98. The zero-order valence-electron chi connectivity index (χ0n) is 14.4. The molecular weight excluding hydrogens is 324 g/mol. The molecule has 0 unspecified atom stereocenters. The first-order chi connectivity index (χ1) is 12.7. The highest BCUT2D eigenvalue weighted by Crippen LogP contribution is 2.12. The number of para-hydroxylation sites is 1. The monoisotopic (exact) mass is 344 g/mol. The maximum absolute atomic E-state index is 12.8. The van der Waals surface area contributed by atoms with E-state index in [1.54, 1.807) is 29.2 Å². The summed E-state index contributed by atoms with van der Waals surface area (Å²) in [6.07, 6.45) is 1.10. The zero-order chi connectivity index (χ0) is 18.2. The van der Waals surface area contributed by atoms with Gasteiger partial charge in [-0.2, -0.15) is 4.74 Å². The van der Waals surface area contributed by atoms with Gasteiger partial charge in [0.25, 0.3) is 0 Å². The van der Waals surface area contributed by atoms with E-state index in [1.807, 2.05) is 66.7 Å². The highest BCUT2D eigenvalue weighted by Gasteiger charge is 2.16. The maximum atomic E-state index is 12.8. The molecule has 1 amide bonds. The van der Waals surface area contributed by atoms with Gasteiger partial charge in [0.05, 0.1) is 0 Å². The second kappa shape index (κ2) is 8.62. The lowest BCUT2D eigenvalue weighted by Crippen LogP contribution is -2.32. The van der Waals surface area contributed by atoms with Crippen LogP contribution in [0.1, 0.15) is 11.1 Å². The third-order valence-electron chi connectivity index (χ3n) is 3.98. The van der Waals surface area contributed by atoms with Crippen LogP contribution < -0.4 is 0 Å². The van der Waals surface area contributed by atoms with E-state index in [9.17, 15) is 10.0 Å². The van der Waals surface area contributed by atoms with Crippen LogP contribution >= 0.6 is 0 Å². The summed E-state index contributed by atoms with van der Waals surface area (Å²) in [4.78, 5) is 14.4. The van der Waals surface area contributed by atoms with Crippen LogP contribution in [-0.2, 0) is 17.9 Å². The average Bonchev–Trinajstić information content (AvgIpc) is 2.69. The second-order valence-electron chi connectivity index (χ2n) is 5.96. The van der Waals surface area contributed by atoms with Crippen molar-refractivity contribution < 1.29 is 9.53 Å². The zero-order valence-corrected chi connectivity index (χ0v) is 14.4. The molecule has 0 fully saturated rings. The first-order valence-corrected chi connectivity index (χ1v) is 8.45. The van der Waals surface area contributed by atoms with E-state index in [0.29, 0.717) is 23.5 Å². The van der Waals surface area contributed by atoms with Crippen molar-refractivity contribution in [1.82, 2.24) is 4.90 Å². The number of carbonyl (C=O) groups excluding carboxylic acids is 1. The predicted molar refractivity (Wildman–Crippen MR) is 103 cm³/mol. The molecule has 0 aliphatic heterocycles. The van der Waals surface area contributed by atoms with Crippen molar-refractivity contribution in [3.05, 3.63) is 107 Å². The van der Waals surface area contributed by atoms with Crippen LogP contribution in [0.5, 0.6) is 0 Å². The van der Waals surface area contributed by atoms with E-state index < -0.39 is 0 Å². The molecule has 0 aliphatic rings. The average molecular weight is 344 g/mol. The number of carbonyl (C=O) groups is 1. The molecule has 0 saturated carbocycles. The van der Waals surface area contributed by atoms with Crippen LogP contribution in [-0.4, -0.2) is 21.8 Å². The summed E-state index contributed by atoms with van der Waals surface area (Å²) < 4.78 is 0.616. The standard InChI is InChI=1S/C22H20N2O2/c25-22(18-24(26)21-14-8-3-9-15-21)23(16-19-10-4-1-5-11-19)17-20-12-6-2-7-13-20/h1-15,18H,16-17H2/b24-18-. The summed E-state index contributed by atoms with van der Waals surface area (Å²) >= 11 is 0. The molecule has 0 heterocycles. The summed E-state index contributed by atoms with van der Waals surface area (Å²) in [5.74, 6) is -0.323. The Hall–Kier alpha value is -3.40. The minimum atomic E-state index is -0.323. The summed E-state index contributed by atoms with van der Waals surface area (Å²) in [6.45, 7) is 0.876. The highest BCUT2D eigenvalue weighted by molar-refractivity contribution is 6.24. The molecule has 130 valence electrons. The lowest BCUT2D eigenvalue weighted by molar-refractivity contribution is -0.354. The van der Waals surface area contributed by atoms with E-state index in [4.69, 9.17) is 0 Å². The Bertz CT molecular complexity index is 821. The molecule has 0 aromatic heterocycles. The normalized spacial score (nSPS) is 11.2. The molecule has 0 N–H and O–H groups in total. The smallest absolute Gasteiger partial charge is 0.312 e. The van der Waals surface area contributed by atoms with Crippen molar-refractivity contribution in [2.75, 3.05) is 0 Å². The van der Waals surface area contributed by atoms with Crippen LogP contribution in [0.25, 0.3) is 0 Å². The number of hydrogen-bond donors (Lipinski definition) is 0. The lowest BCUT2D eigenvalue weighted by atomic mass is 10.1. The summed E-state index contributed by atoms with van der Waals surface area (Å²) in [6, 6.07) is 28.2. The van der Waals surface area contributed by atoms with Crippen molar-refractivity contribution in [2.24, 2.45) is 0 Å². The van der Waals surface area contributed by atoms with Gasteiger partial charge in [-0.25, -0.2) is 0 Å². The summed E-state index contributed by atoms with van der Waals surface area (Å²) in [5.41, 5.74) is 2.46. The van der Waals surface area contributed by atoms with Crippen LogP contribution in [0.3, 0.4) is 0 Å². The maximum Gasteiger partial charge on any atom is 0.312 e. The highest BCUT2D eigenvalue weighted by atomic mass is 16.5. The van der Waals surface area contributed by atoms with Gasteiger partial charge in [-0.1, -0.05) is 78.9 Å². The van der Waals surface area contributed by atoms with Crippen LogP contribution in [0.15, 0.2) is 91.0 Å². The van der Waals surface area contributed by atoms with Crippen LogP contribution in [0, 0.1) is 5.21 Å². The van der Waals surface area contributed by atoms with Crippen LogP contribution in [0.2, 0.25) is 0 Å². The van der Waals surface area contributed by atoms with Gasteiger partial charge < -0.3 is 10.1 Å². The SMILES string of the molecule is O=C(/C=[N+](\[O-])c1ccccc1)N(Cc1ccccc1)Cc1ccccc1. The summed E-state index contributed by atoms with van der Waals surface area (Å²) in [7, 11) is 0. The first-order valence-electron chi connectivity index (χ1n) is 8.45. The number of hydrogen-bond acceptors (Lipinski definition) is 2. The van der Waals surface area contributed by atoms with Crippen molar-refractivity contribution >= 4 is 17.8 Å². The van der Waals surface area contributed by atoms with Crippen LogP contribution in [0.4, 0.5) is 5.69 Å². The Morgan fingerprint density at radius 1 is 0.769 bits per heavy atom. The first kappa shape index (κ1) is 17.4. The van der Waals surface area contributed by atoms with Gasteiger partial charge in [-0.3, -0.25) is 4.79 Å². The number of benzene rings is 3. The van der Waals surface area contributed by atoms with E-state index in [-0.39, 0.29) is 5.91 Å². The van der Waals surface area contributed by atoms with E-state index >= 15 is 0 Å². The van der Waals surface area contributed by atoms with Gasteiger partial charge in [-0.15, -0.1) is 0 Å². The molecule has 0 spiro atoms. The van der Waals surface area contributed by atoms with Gasteiger partial charge in [0.2, 0.25) is 11.9 Å². The molecule has 0 radical (unpaired) electrons. The number of rotatable bonds is 6. The molecule has 0 bridgehead atoms. The van der Waals surface area contributed by atoms with Crippen molar-refractivity contribution in [3.63, 3.8) is 0 Å². The summed E-state index contributed by atoms with van der Waals surface area (Å²) in [5, 5.41) is 12.3. The molecule has 3 aromatic carbocycles. The largest absolute Gasteiger partial charge is 0.618 e. The van der Waals surface area contributed by atoms with E-state index in [2.05, 4.69) is 0 Å². The molecular formula is C22H20N2O2. The Morgan fingerprint density at radius 2 is 1.19 bits per heavy atom. The molecule has 3 rings (SSSR count). The quantitative estimate of drug-likeness (QED) is 0.292. The molecule has 4 nitrogen and oxygen atoms in total. The molecule has 0 atom stereocenters. The minimum Gasteiger partial charge on any atom is -0.618 e. The third kappa shape index (κ3) is 4.80. The fourth-order valence-corrected chi connectivity index (χ4v) is 2.65. The van der Waals surface area contributed by atoms with Crippen molar-refractivity contribution in [1.29, 1.82) is 0 Å². The fourth-order valence-electron chi connectivity index (χ4n) is 2.65. The van der Waals surface area contributed by atoms with Crippen molar-refractivity contribution in [3.8, 4) is 0 Å². The Balaban J connectivity index is 1.83. The molecule has 0 aliphatic carbocycles. The van der Waals surface area contributed by atoms with E-state index in [0.717, 1.165) is 17.3 Å². The Labute approximate surface area is 153 Å². The van der Waals surface area contributed by atoms with Gasteiger partial charge in [0, 0.05) is 25.2 Å². The Kier molecular flexibility index (Phi) is 5.78. The van der Waals surface area contributed by atoms with Gasteiger partial charge in [0.1, 0.15) is 0 Å². The molecule has 3 aromatic rings. The predicted octanol–water partition coefficient (Wildman–Crippen LogP) is 4.13. The van der Waals surface area contributed by atoms with Crippen molar-refractivity contribution in [2.45, 2.75) is 13.1 Å².